The summed E-state index contributed by atoms with van der Waals surface area (Å²) in [5, 5.41) is 10.9. The first-order chi connectivity index (χ1) is 20.8. The minimum atomic E-state index is -4.33. The van der Waals surface area contributed by atoms with Crippen LogP contribution in [0.5, 0.6) is 11.6 Å². The number of para-hydroxylation sites is 1. The number of rotatable bonds is 12. The van der Waals surface area contributed by atoms with Gasteiger partial charge >= 0.3 is 13.6 Å². The molecule has 2 fully saturated rings. The number of nitrogens with two attached hydrogens (primary N) is 1. The Bertz CT molecular complexity index is 1520. The van der Waals surface area contributed by atoms with Crippen LogP contribution in [0.4, 0.5) is 14.7 Å². The van der Waals surface area contributed by atoms with Gasteiger partial charge in [-0.05, 0) is 51.7 Å². The minimum Gasteiger partial charge on any atom is -0.476 e. The van der Waals surface area contributed by atoms with Crippen molar-refractivity contribution in [3.63, 3.8) is 0 Å². The number of esters is 1. The van der Waals surface area contributed by atoms with Crippen molar-refractivity contribution in [2.75, 3.05) is 25.1 Å². The number of aliphatic hydroxyl groups excluding tert-OH is 1. The number of anilines is 1. The van der Waals surface area contributed by atoms with Gasteiger partial charge in [0.15, 0.2) is 29.2 Å². The Hall–Kier alpha value is -3.39. The number of aliphatic hydroxyl groups is 1. The highest BCUT2D eigenvalue weighted by atomic mass is 31.2. The van der Waals surface area contributed by atoms with E-state index in [9.17, 15) is 14.5 Å². The SMILES string of the molecule is CCOc1nc(N)nc2c1ncn2[C@@H]1O[C@](F)(COP(=O)(C[C@@H](C)C(=O)OC2CCCC2)Oc2ccccc2)[C@@H](O)[C@@]1(C)F. The third kappa shape index (κ3) is 6.51. The van der Waals surface area contributed by atoms with E-state index in [2.05, 4.69) is 15.0 Å². The van der Waals surface area contributed by atoms with Crippen molar-refractivity contribution in [3.8, 4) is 11.6 Å². The summed E-state index contributed by atoms with van der Waals surface area (Å²) in [5.74, 6) is -4.81. The van der Waals surface area contributed by atoms with Crippen LogP contribution in [0.25, 0.3) is 11.2 Å². The fourth-order valence-corrected chi connectivity index (χ4v) is 7.19. The zero-order chi connectivity index (χ0) is 31.7. The van der Waals surface area contributed by atoms with Crippen LogP contribution in [-0.2, 0) is 23.4 Å². The van der Waals surface area contributed by atoms with E-state index in [0.29, 0.717) is 0 Å². The van der Waals surface area contributed by atoms with Gasteiger partial charge in [0.2, 0.25) is 11.8 Å². The van der Waals surface area contributed by atoms with Crippen molar-refractivity contribution < 1.29 is 46.5 Å². The molecule has 0 spiro atoms. The smallest absolute Gasteiger partial charge is 0.380 e. The molecular weight excluding hydrogens is 603 g/mol. The van der Waals surface area contributed by atoms with Crippen molar-refractivity contribution in [1.82, 2.24) is 19.5 Å². The molecule has 1 aromatic carbocycles. The maximum absolute atomic E-state index is 16.3. The molecule has 0 amide bonds. The van der Waals surface area contributed by atoms with E-state index in [-0.39, 0.29) is 41.5 Å². The molecule has 240 valence electrons. The molecule has 0 bridgehead atoms. The third-order valence-electron chi connectivity index (χ3n) is 7.60. The van der Waals surface area contributed by atoms with E-state index in [1.165, 1.54) is 19.1 Å². The average molecular weight is 640 g/mol. The Kier molecular flexibility index (Phi) is 9.13. The lowest BCUT2D eigenvalue weighted by molar-refractivity contribution is -0.202. The Morgan fingerprint density at radius 3 is 2.64 bits per heavy atom. The molecule has 1 unspecified atom stereocenters. The summed E-state index contributed by atoms with van der Waals surface area (Å²) in [5.41, 5.74) is 3.12. The van der Waals surface area contributed by atoms with E-state index >= 15 is 8.78 Å². The number of fused-ring (bicyclic) bond motifs is 1. The molecular formula is C28H36F2N5O8P. The molecule has 2 aromatic heterocycles. The highest BCUT2D eigenvalue weighted by Gasteiger charge is 2.65. The van der Waals surface area contributed by atoms with E-state index in [4.69, 9.17) is 29.0 Å². The molecule has 3 heterocycles. The molecule has 16 heteroatoms. The molecule has 1 aliphatic heterocycles. The summed E-state index contributed by atoms with van der Waals surface area (Å²) in [6.07, 6.45) is -0.413. The zero-order valence-corrected chi connectivity index (χ0v) is 25.5. The molecule has 6 atom stereocenters. The van der Waals surface area contributed by atoms with E-state index in [1.807, 2.05) is 0 Å². The number of nitrogen functional groups attached to an aromatic ring is 1. The normalized spacial score (nSPS) is 27.7. The summed E-state index contributed by atoms with van der Waals surface area (Å²) < 4.78 is 75.1. The standard InChI is InChI=1S/C28H36F2N5O8P/c1-4-39-22-20-21(33-26(31)34-22)35(16-32-20)25-27(3,29)24(37)28(30,42-25)15-40-44(38,43-19-12-6-5-7-13-19)14-17(2)23(36)41-18-10-8-9-11-18/h5-7,12-13,16-18,24-25,37H,4,8-11,14-15H2,1-3H3,(H2,31,33,34)/t17-,24+,25-,27-,28-,44?/m1/s1. The minimum absolute atomic E-state index is 0.0279. The van der Waals surface area contributed by atoms with Crippen LogP contribution in [0.3, 0.4) is 0 Å². The zero-order valence-electron chi connectivity index (χ0n) is 24.6. The Morgan fingerprint density at radius 2 is 1.95 bits per heavy atom. The summed E-state index contributed by atoms with van der Waals surface area (Å²) in [6.45, 7) is 3.17. The van der Waals surface area contributed by atoms with Crippen LogP contribution in [-0.4, -0.2) is 73.7 Å². The van der Waals surface area contributed by atoms with Gasteiger partial charge < -0.3 is 29.6 Å². The molecule has 1 saturated heterocycles. The number of hydrogen-bond acceptors (Lipinski definition) is 12. The van der Waals surface area contributed by atoms with Gasteiger partial charge in [-0.25, -0.2) is 18.3 Å². The summed E-state index contributed by atoms with van der Waals surface area (Å²) in [6, 6.07) is 7.97. The Labute approximate surface area is 252 Å². The predicted octanol–water partition coefficient (Wildman–Crippen LogP) is 4.50. The third-order valence-corrected chi connectivity index (χ3v) is 9.61. The molecule has 5 rings (SSSR count). The lowest BCUT2D eigenvalue weighted by Gasteiger charge is -2.28. The first-order valence-electron chi connectivity index (χ1n) is 14.4. The van der Waals surface area contributed by atoms with Crippen LogP contribution < -0.4 is 15.0 Å². The van der Waals surface area contributed by atoms with Crippen molar-refractivity contribution in [2.45, 2.75) is 76.4 Å². The number of nitrogens with zero attached hydrogens (tertiary/aromatic N) is 4. The Morgan fingerprint density at radius 1 is 1.25 bits per heavy atom. The van der Waals surface area contributed by atoms with Gasteiger partial charge in [0.05, 0.1) is 25.0 Å². The molecule has 3 N–H and O–H groups in total. The summed E-state index contributed by atoms with van der Waals surface area (Å²) in [7, 11) is -4.33. The summed E-state index contributed by atoms with van der Waals surface area (Å²) >= 11 is 0. The molecule has 0 radical (unpaired) electrons. The number of carbonyl (C=O) groups is 1. The lowest BCUT2D eigenvalue weighted by atomic mass is 9.97. The largest absolute Gasteiger partial charge is 0.476 e. The average Bonchev–Trinajstić information content (AvgIpc) is 3.68. The van der Waals surface area contributed by atoms with Gasteiger partial charge in [-0.3, -0.25) is 13.9 Å². The van der Waals surface area contributed by atoms with Crippen LogP contribution in [0.15, 0.2) is 36.7 Å². The number of benzene rings is 1. The monoisotopic (exact) mass is 639 g/mol. The number of alkyl halides is 2. The second-order valence-electron chi connectivity index (χ2n) is 11.2. The van der Waals surface area contributed by atoms with Crippen molar-refractivity contribution in [3.05, 3.63) is 36.7 Å². The number of imidazole rings is 1. The first-order valence-corrected chi connectivity index (χ1v) is 16.1. The fraction of sp³-hybridized carbons (Fsp3) is 0.571. The van der Waals surface area contributed by atoms with Gasteiger partial charge in [-0.2, -0.15) is 9.97 Å². The number of ether oxygens (including phenoxy) is 3. The van der Waals surface area contributed by atoms with Gasteiger partial charge in [0.25, 0.3) is 5.85 Å². The number of hydrogen-bond donors (Lipinski definition) is 2. The fourth-order valence-electron chi connectivity index (χ4n) is 5.32. The molecule has 3 aromatic rings. The van der Waals surface area contributed by atoms with Crippen molar-refractivity contribution in [2.24, 2.45) is 5.92 Å². The van der Waals surface area contributed by atoms with Crippen LogP contribution in [0.2, 0.25) is 0 Å². The molecule has 13 nitrogen and oxygen atoms in total. The predicted molar refractivity (Wildman–Crippen MR) is 153 cm³/mol. The molecule has 1 aliphatic carbocycles. The van der Waals surface area contributed by atoms with Gasteiger partial charge in [0.1, 0.15) is 18.5 Å². The molecule has 44 heavy (non-hydrogen) atoms. The molecule has 2 aliphatic rings. The van der Waals surface area contributed by atoms with Gasteiger partial charge in [-0.1, -0.05) is 25.1 Å². The van der Waals surface area contributed by atoms with Crippen molar-refractivity contribution in [1.29, 1.82) is 0 Å². The maximum atomic E-state index is 16.3. The number of aromatic nitrogens is 4. The van der Waals surface area contributed by atoms with Crippen LogP contribution in [0.1, 0.15) is 52.7 Å². The topological polar surface area (TPSA) is 170 Å². The lowest BCUT2D eigenvalue weighted by Crippen LogP contribution is -2.46. The highest BCUT2D eigenvalue weighted by Crippen LogP contribution is 2.54. The van der Waals surface area contributed by atoms with Gasteiger partial charge in [-0.15, -0.1) is 0 Å². The quantitative estimate of drug-likeness (QED) is 0.210. The van der Waals surface area contributed by atoms with Crippen LogP contribution >= 0.6 is 7.60 Å². The second kappa shape index (κ2) is 12.5. The second-order valence-corrected chi connectivity index (χ2v) is 13.2. The molecule has 1 saturated carbocycles. The van der Waals surface area contributed by atoms with E-state index in [1.54, 1.807) is 25.1 Å². The van der Waals surface area contributed by atoms with E-state index < -0.39 is 56.1 Å². The van der Waals surface area contributed by atoms with Crippen molar-refractivity contribution >= 4 is 30.7 Å². The summed E-state index contributed by atoms with van der Waals surface area (Å²) in [4.78, 5) is 25.0. The Balaban J connectivity index is 1.38. The van der Waals surface area contributed by atoms with E-state index in [0.717, 1.165) is 43.5 Å². The van der Waals surface area contributed by atoms with Gasteiger partial charge in [0, 0.05) is 0 Å². The first kappa shape index (κ1) is 32.0. The number of carbonyl (C=O) groups excluding carboxylic acids is 1. The van der Waals surface area contributed by atoms with Crippen LogP contribution in [0, 0.1) is 5.92 Å². The highest BCUT2D eigenvalue weighted by molar-refractivity contribution is 7.54. The maximum Gasteiger partial charge on any atom is 0.380 e. The number of halogens is 2.